The summed E-state index contributed by atoms with van der Waals surface area (Å²) in [6.45, 7) is 6.55. The number of carbonyl (C=O) groups excluding carboxylic acids is 2. The minimum Gasteiger partial charge on any atom is -0.482 e. The fraction of sp³-hybridized carbons (Fsp3) is 0.348. The van der Waals surface area contributed by atoms with Crippen LogP contribution >= 0.6 is 0 Å². The fourth-order valence-electron chi connectivity index (χ4n) is 2.69. The number of carbonyl (C=O) groups is 2. The van der Waals surface area contributed by atoms with E-state index in [1.54, 1.807) is 63.2 Å². The van der Waals surface area contributed by atoms with Gasteiger partial charge in [-0.1, -0.05) is 12.1 Å². The molecule has 178 valence electrons. The van der Waals surface area contributed by atoms with Crippen molar-refractivity contribution in [1.82, 2.24) is 5.43 Å². The van der Waals surface area contributed by atoms with Crippen molar-refractivity contribution in [2.24, 2.45) is 5.10 Å². The third kappa shape index (κ3) is 9.32. The van der Waals surface area contributed by atoms with Gasteiger partial charge >= 0.3 is 5.97 Å². The minimum atomic E-state index is -3.66. The topological polar surface area (TPSA) is 114 Å². The van der Waals surface area contributed by atoms with Crippen molar-refractivity contribution < 1.29 is 27.5 Å². The van der Waals surface area contributed by atoms with Crippen LogP contribution in [-0.2, 0) is 24.3 Å². The largest absolute Gasteiger partial charge is 0.482 e. The number of nitrogens with one attached hydrogen (secondary N) is 1. The van der Waals surface area contributed by atoms with Crippen LogP contribution in [0.1, 0.15) is 31.9 Å². The molecule has 0 aliphatic rings. The summed E-state index contributed by atoms with van der Waals surface area (Å²) in [5.74, 6) is -0.579. The monoisotopic (exact) mass is 475 g/mol. The highest BCUT2D eigenvalue weighted by Crippen LogP contribution is 2.18. The molecule has 0 bridgehead atoms. The molecular weight excluding hydrogens is 446 g/mol. The van der Waals surface area contributed by atoms with Gasteiger partial charge in [-0.25, -0.2) is 18.6 Å². The van der Waals surface area contributed by atoms with Crippen LogP contribution in [0.5, 0.6) is 5.75 Å². The van der Waals surface area contributed by atoms with Crippen LogP contribution in [0, 0.1) is 6.92 Å². The molecule has 9 nitrogen and oxygen atoms in total. The van der Waals surface area contributed by atoms with Crippen molar-refractivity contribution >= 4 is 33.8 Å². The molecule has 0 atom stereocenters. The van der Waals surface area contributed by atoms with E-state index in [0.717, 1.165) is 16.1 Å². The lowest BCUT2D eigenvalue weighted by Gasteiger charge is -2.21. The van der Waals surface area contributed by atoms with Gasteiger partial charge in [0.2, 0.25) is 10.0 Å². The molecule has 0 spiro atoms. The Kier molecular flexibility index (Phi) is 8.58. The summed E-state index contributed by atoms with van der Waals surface area (Å²) in [5, 5.41) is 3.87. The number of aryl methyl sites for hydroxylation is 1. The normalized spacial score (nSPS) is 11.8. The average molecular weight is 476 g/mol. The number of hydrogen-bond donors (Lipinski definition) is 1. The summed E-state index contributed by atoms with van der Waals surface area (Å²) in [4.78, 5) is 24.0. The van der Waals surface area contributed by atoms with E-state index in [4.69, 9.17) is 9.47 Å². The number of amides is 1. The number of ether oxygens (including phenoxy) is 2. The maximum Gasteiger partial charge on any atom is 0.344 e. The minimum absolute atomic E-state index is 0.210. The summed E-state index contributed by atoms with van der Waals surface area (Å²) in [7, 11) is -3.66. The Hall–Kier alpha value is -3.40. The molecule has 0 fully saturated rings. The van der Waals surface area contributed by atoms with E-state index in [2.05, 4.69) is 10.5 Å². The molecule has 1 amide bonds. The number of nitrogens with zero attached hydrogens (tertiary/aromatic N) is 2. The first-order valence-electron chi connectivity index (χ1n) is 10.1. The standard InChI is InChI=1S/C23H29N3O6S/c1-17-7-6-8-19(13-17)26(33(5,29)30)15-21(27)25-24-14-18-9-11-20(12-10-18)31-16-22(28)32-23(2,3)4/h6-14H,15-16H2,1-5H3,(H,25,27)/b24-14-. The molecule has 1 N–H and O–H groups in total. The van der Waals surface area contributed by atoms with Gasteiger partial charge in [-0.15, -0.1) is 0 Å². The molecule has 0 saturated carbocycles. The van der Waals surface area contributed by atoms with Gasteiger partial charge in [0.15, 0.2) is 6.61 Å². The fourth-order valence-corrected chi connectivity index (χ4v) is 3.54. The van der Waals surface area contributed by atoms with Gasteiger partial charge in [0.1, 0.15) is 17.9 Å². The molecule has 0 aromatic heterocycles. The highest BCUT2D eigenvalue weighted by atomic mass is 32.2. The van der Waals surface area contributed by atoms with Crippen molar-refractivity contribution in [2.45, 2.75) is 33.3 Å². The second-order valence-corrected chi connectivity index (χ2v) is 10.3. The number of hydrazone groups is 1. The summed E-state index contributed by atoms with van der Waals surface area (Å²) in [6.07, 6.45) is 2.45. The van der Waals surface area contributed by atoms with E-state index in [0.29, 0.717) is 17.0 Å². The summed E-state index contributed by atoms with van der Waals surface area (Å²) in [5.41, 5.74) is 3.69. The molecule has 0 heterocycles. The van der Waals surface area contributed by atoms with E-state index < -0.39 is 34.0 Å². The van der Waals surface area contributed by atoms with Crippen molar-refractivity contribution in [2.75, 3.05) is 23.7 Å². The van der Waals surface area contributed by atoms with E-state index in [1.807, 2.05) is 13.0 Å². The second-order valence-electron chi connectivity index (χ2n) is 8.35. The molecule has 0 saturated heterocycles. The Morgan fingerprint density at radius 2 is 1.79 bits per heavy atom. The maximum atomic E-state index is 12.3. The van der Waals surface area contributed by atoms with Gasteiger partial charge in [-0.2, -0.15) is 5.10 Å². The molecule has 0 radical (unpaired) electrons. The molecule has 0 aliphatic heterocycles. The van der Waals surface area contributed by atoms with Crippen LogP contribution in [0.15, 0.2) is 53.6 Å². The van der Waals surface area contributed by atoms with Gasteiger partial charge < -0.3 is 9.47 Å². The summed E-state index contributed by atoms with van der Waals surface area (Å²) in [6, 6.07) is 13.5. The number of hydrogen-bond acceptors (Lipinski definition) is 7. The summed E-state index contributed by atoms with van der Waals surface area (Å²) >= 11 is 0. The third-order valence-electron chi connectivity index (χ3n) is 4.04. The molecule has 33 heavy (non-hydrogen) atoms. The Balaban J connectivity index is 1.91. The van der Waals surface area contributed by atoms with E-state index in [9.17, 15) is 18.0 Å². The van der Waals surface area contributed by atoms with Crippen LogP contribution < -0.4 is 14.5 Å². The zero-order valence-electron chi connectivity index (χ0n) is 19.4. The first-order chi connectivity index (χ1) is 15.3. The Morgan fingerprint density at radius 3 is 2.36 bits per heavy atom. The van der Waals surface area contributed by atoms with E-state index in [1.165, 1.54) is 6.21 Å². The van der Waals surface area contributed by atoms with Gasteiger partial charge in [0, 0.05) is 0 Å². The van der Waals surface area contributed by atoms with Crippen LogP contribution in [0.25, 0.3) is 0 Å². The highest BCUT2D eigenvalue weighted by Gasteiger charge is 2.20. The molecule has 0 unspecified atom stereocenters. The summed E-state index contributed by atoms with van der Waals surface area (Å²) < 4.78 is 35.8. The lowest BCUT2D eigenvalue weighted by molar-refractivity contribution is -0.157. The molecule has 2 rings (SSSR count). The third-order valence-corrected chi connectivity index (χ3v) is 5.18. The van der Waals surface area contributed by atoms with Crippen LogP contribution in [0.4, 0.5) is 5.69 Å². The van der Waals surface area contributed by atoms with Crippen molar-refractivity contribution in [3.63, 3.8) is 0 Å². The lowest BCUT2D eigenvalue weighted by atomic mass is 10.2. The Labute approximate surface area is 194 Å². The molecule has 10 heteroatoms. The van der Waals surface area contributed by atoms with Gasteiger partial charge in [-0.05, 0) is 75.2 Å². The number of anilines is 1. The predicted octanol–water partition coefficient (Wildman–Crippen LogP) is 2.63. The van der Waals surface area contributed by atoms with Crippen molar-refractivity contribution in [1.29, 1.82) is 0 Å². The second kappa shape index (κ2) is 11.0. The maximum absolute atomic E-state index is 12.3. The lowest BCUT2D eigenvalue weighted by Crippen LogP contribution is -2.39. The van der Waals surface area contributed by atoms with Crippen LogP contribution in [0.2, 0.25) is 0 Å². The molecule has 0 aliphatic carbocycles. The Morgan fingerprint density at radius 1 is 1.12 bits per heavy atom. The van der Waals surface area contributed by atoms with Crippen molar-refractivity contribution in [3.8, 4) is 5.75 Å². The zero-order valence-corrected chi connectivity index (χ0v) is 20.2. The molecular formula is C23H29N3O6S. The van der Waals surface area contributed by atoms with E-state index in [-0.39, 0.29) is 6.61 Å². The number of sulfonamides is 1. The number of rotatable bonds is 9. The SMILES string of the molecule is Cc1cccc(N(CC(=O)N/N=C\c2ccc(OCC(=O)OC(C)(C)C)cc2)S(C)(=O)=O)c1. The van der Waals surface area contributed by atoms with Crippen LogP contribution in [0.3, 0.4) is 0 Å². The highest BCUT2D eigenvalue weighted by molar-refractivity contribution is 7.92. The average Bonchev–Trinajstić information content (AvgIpc) is 2.69. The first-order valence-corrected chi connectivity index (χ1v) is 12.0. The molecule has 2 aromatic rings. The van der Waals surface area contributed by atoms with E-state index >= 15 is 0 Å². The molecule has 2 aromatic carbocycles. The number of benzene rings is 2. The smallest absolute Gasteiger partial charge is 0.344 e. The van der Waals surface area contributed by atoms with Crippen molar-refractivity contribution in [3.05, 3.63) is 59.7 Å². The zero-order chi connectivity index (χ0) is 24.6. The predicted molar refractivity (Wildman–Crippen MR) is 127 cm³/mol. The van der Waals surface area contributed by atoms with Gasteiger partial charge in [0.05, 0.1) is 18.2 Å². The van der Waals surface area contributed by atoms with Crippen LogP contribution in [-0.4, -0.2) is 51.5 Å². The number of esters is 1. The first kappa shape index (κ1) is 25.9. The Bertz CT molecular complexity index is 1110. The van der Waals surface area contributed by atoms with Gasteiger partial charge in [-0.3, -0.25) is 9.10 Å². The van der Waals surface area contributed by atoms with Gasteiger partial charge in [0.25, 0.3) is 5.91 Å². The quantitative estimate of drug-likeness (QED) is 0.339.